The Morgan fingerprint density at radius 3 is 2.71 bits per heavy atom. The number of Topliss-reactive ketones (excluding diaryl/α,β-unsaturated/α-hetero) is 1. The molecule has 0 aliphatic heterocycles. The number of carbonyl (C=O) groups excluding carboxylic acids is 1. The van der Waals surface area contributed by atoms with E-state index in [-0.39, 0.29) is 18.0 Å². The summed E-state index contributed by atoms with van der Waals surface area (Å²) in [7, 11) is 0. The third kappa shape index (κ3) is 2.64. The first-order valence-electron chi connectivity index (χ1n) is 4.66. The zero-order chi connectivity index (χ0) is 10.6. The normalized spacial score (nSPS) is 12.5. The maximum absolute atomic E-state index is 13.1. The van der Waals surface area contributed by atoms with Crippen LogP contribution < -0.4 is 5.73 Å². The zero-order valence-electron chi connectivity index (χ0n) is 8.16. The predicted molar refractivity (Wildman–Crippen MR) is 53.4 cm³/mol. The van der Waals surface area contributed by atoms with Crippen molar-refractivity contribution in [2.24, 2.45) is 5.73 Å². The summed E-state index contributed by atoms with van der Waals surface area (Å²) in [6, 6.07) is 5.79. The fraction of sp³-hybridized carbons (Fsp3) is 0.364. The van der Waals surface area contributed by atoms with Crippen LogP contribution in [-0.4, -0.2) is 11.8 Å². The van der Waals surface area contributed by atoms with E-state index in [1.807, 2.05) is 6.92 Å². The monoisotopic (exact) mass is 195 g/mol. The topological polar surface area (TPSA) is 43.1 Å². The summed E-state index contributed by atoms with van der Waals surface area (Å²) in [6.07, 6.45) is 0.676. The maximum Gasteiger partial charge on any atom is 0.153 e. The second-order valence-corrected chi connectivity index (χ2v) is 3.25. The summed E-state index contributed by atoms with van der Waals surface area (Å²) >= 11 is 0. The molecule has 0 aromatic heterocycles. The molecule has 0 aliphatic rings. The fourth-order valence-corrected chi connectivity index (χ4v) is 1.19. The van der Waals surface area contributed by atoms with E-state index < -0.39 is 6.04 Å². The SMILES string of the molecule is CCC(N)C(=O)Cc1ccccc1F. The Hall–Kier alpha value is -1.22. The van der Waals surface area contributed by atoms with Gasteiger partial charge in [-0.2, -0.15) is 0 Å². The van der Waals surface area contributed by atoms with Gasteiger partial charge >= 0.3 is 0 Å². The lowest BCUT2D eigenvalue weighted by Gasteiger charge is -2.07. The van der Waals surface area contributed by atoms with E-state index in [2.05, 4.69) is 0 Å². The molecular weight excluding hydrogens is 181 g/mol. The zero-order valence-corrected chi connectivity index (χ0v) is 8.16. The highest BCUT2D eigenvalue weighted by molar-refractivity contribution is 5.85. The molecule has 1 unspecified atom stereocenters. The van der Waals surface area contributed by atoms with E-state index in [1.54, 1.807) is 18.2 Å². The first kappa shape index (κ1) is 10.9. The van der Waals surface area contributed by atoms with Gasteiger partial charge in [0.1, 0.15) is 5.82 Å². The summed E-state index contributed by atoms with van der Waals surface area (Å²) in [5, 5.41) is 0. The van der Waals surface area contributed by atoms with Crippen LogP contribution in [0, 0.1) is 5.82 Å². The summed E-state index contributed by atoms with van der Waals surface area (Å²) in [4.78, 5) is 11.4. The van der Waals surface area contributed by atoms with Gasteiger partial charge in [-0.1, -0.05) is 25.1 Å². The first-order chi connectivity index (χ1) is 6.65. The van der Waals surface area contributed by atoms with Crippen molar-refractivity contribution in [1.29, 1.82) is 0 Å². The number of nitrogens with two attached hydrogens (primary N) is 1. The second kappa shape index (κ2) is 4.86. The molecule has 0 spiro atoms. The fourth-order valence-electron chi connectivity index (χ4n) is 1.19. The number of hydrogen-bond acceptors (Lipinski definition) is 2. The highest BCUT2D eigenvalue weighted by atomic mass is 19.1. The molecule has 76 valence electrons. The van der Waals surface area contributed by atoms with Crippen LogP contribution in [0.25, 0.3) is 0 Å². The Bertz CT molecular complexity index is 325. The van der Waals surface area contributed by atoms with Crippen molar-refractivity contribution >= 4 is 5.78 Å². The van der Waals surface area contributed by atoms with Crippen LogP contribution in [0.1, 0.15) is 18.9 Å². The molecular formula is C11H14FNO. The van der Waals surface area contributed by atoms with Crippen LogP contribution >= 0.6 is 0 Å². The van der Waals surface area contributed by atoms with Crippen LogP contribution in [0.4, 0.5) is 4.39 Å². The van der Waals surface area contributed by atoms with Gasteiger partial charge in [-0.15, -0.1) is 0 Å². The van der Waals surface area contributed by atoms with Crippen molar-refractivity contribution < 1.29 is 9.18 Å². The molecule has 3 heteroatoms. The van der Waals surface area contributed by atoms with Gasteiger partial charge in [-0.05, 0) is 18.1 Å². The lowest BCUT2D eigenvalue weighted by molar-refractivity contribution is -0.119. The van der Waals surface area contributed by atoms with Gasteiger partial charge in [-0.3, -0.25) is 4.79 Å². The lowest BCUT2D eigenvalue weighted by atomic mass is 10.0. The lowest BCUT2D eigenvalue weighted by Crippen LogP contribution is -2.31. The summed E-state index contributed by atoms with van der Waals surface area (Å²) in [5.41, 5.74) is 5.96. The van der Waals surface area contributed by atoms with Gasteiger partial charge in [0.05, 0.1) is 6.04 Å². The molecule has 1 aromatic carbocycles. The number of benzene rings is 1. The molecule has 0 saturated carbocycles. The number of ketones is 1. The van der Waals surface area contributed by atoms with Crippen LogP contribution in [0.2, 0.25) is 0 Å². The number of carbonyl (C=O) groups is 1. The van der Waals surface area contributed by atoms with Crippen molar-refractivity contribution in [2.75, 3.05) is 0 Å². The third-order valence-corrected chi connectivity index (χ3v) is 2.18. The van der Waals surface area contributed by atoms with E-state index in [9.17, 15) is 9.18 Å². The molecule has 0 bridgehead atoms. The van der Waals surface area contributed by atoms with Crippen LogP contribution in [0.15, 0.2) is 24.3 Å². The number of hydrogen-bond donors (Lipinski definition) is 1. The molecule has 1 rings (SSSR count). The van der Waals surface area contributed by atoms with Crippen molar-refractivity contribution in [1.82, 2.24) is 0 Å². The minimum Gasteiger partial charge on any atom is -0.322 e. The van der Waals surface area contributed by atoms with Crippen LogP contribution in [0.5, 0.6) is 0 Å². The molecule has 0 saturated heterocycles. The molecule has 2 N–H and O–H groups in total. The Kier molecular flexibility index (Phi) is 3.77. The molecule has 2 nitrogen and oxygen atoms in total. The van der Waals surface area contributed by atoms with Gasteiger partial charge in [0.25, 0.3) is 0 Å². The van der Waals surface area contributed by atoms with E-state index in [0.717, 1.165) is 0 Å². The predicted octanol–water partition coefficient (Wildman–Crippen LogP) is 1.67. The second-order valence-electron chi connectivity index (χ2n) is 3.25. The van der Waals surface area contributed by atoms with Crippen LogP contribution in [-0.2, 0) is 11.2 Å². The minimum atomic E-state index is -0.477. The Labute approximate surface area is 82.9 Å². The first-order valence-corrected chi connectivity index (χ1v) is 4.66. The Morgan fingerprint density at radius 2 is 2.14 bits per heavy atom. The van der Waals surface area contributed by atoms with Gasteiger partial charge in [0, 0.05) is 6.42 Å². The standard InChI is InChI=1S/C11H14FNO/c1-2-10(13)11(14)7-8-5-3-4-6-9(8)12/h3-6,10H,2,7,13H2,1H3. The Balaban J connectivity index is 2.70. The molecule has 14 heavy (non-hydrogen) atoms. The van der Waals surface area contributed by atoms with Gasteiger partial charge < -0.3 is 5.73 Å². The van der Waals surface area contributed by atoms with Crippen molar-refractivity contribution in [3.05, 3.63) is 35.6 Å². The molecule has 0 fully saturated rings. The summed E-state index contributed by atoms with van der Waals surface area (Å²) in [6.45, 7) is 1.84. The van der Waals surface area contributed by atoms with E-state index in [0.29, 0.717) is 12.0 Å². The van der Waals surface area contributed by atoms with E-state index in [4.69, 9.17) is 5.73 Å². The van der Waals surface area contributed by atoms with Crippen LogP contribution in [0.3, 0.4) is 0 Å². The number of rotatable bonds is 4. The molecule has 0 amide bonds. The number of halogens is 1. The van der Waals surface area contributed by atoms with Crippen molar-refractivity contribution in [2.45, 2.75) is 25.8 Å². The molecule has 0 aliphatic carbocycles. The highest BCUT2D eigenvalue weighted by Gasteiger charge is 2.13. The van der Waals surface area contributed by atoms with Gasteiger partial charge in [-0.25, -0.2) is 4.39 Å². The minimum absolute atomic E-state index is 0.0850. The van der Waals surface area contributed by atoms with Crippen molar-refractivity contribution in [3.8, 4) is 0 Å². The van der Waals surface area contributed by atoms with E-state index >= 15 is 0 Å². The smallest absolute Gasteiger partial charge is 0.153 e. The summed E-state index contributed by atoms with van der Waals surface area (Å²) < 4.78 is 13.1. The van der Waals surface area contributed by atoms with E-state index in [1.165, 1.54) is 6.07 Å². The summed E-state index contributed by atoms with van der Waals surface area (Å²) in [5.74, 6) is -0.457. The van der Waals surface area contributed by atoms with Gasteiger partial charge in [0.15, 0.2) is 5.78 Å². The molecule has 0 heterocycles. The Morgan fingerprint density at radius 1 is 1.50 bits per heavy atom. The average Bonchev–Trinajstić information content (AvgIpc) is 2.20. The van der Waals surface area contributed by atoms with Crippen molar-refractivity contribution in [3.63, 3.8) is 0 Å². The maximum atomic E-state index is 13.1. The van der Waals surface area contributed by atoms with Gasteiger partial charge in [0.2, 0.25) is 0 Å². The highest BCUT2D eigenvalue weighted by Crippen LogP contribution is 2.08. The largest absolute Gasteiger partial charge is 0.322 e. The molecule has 1 atom stereocenters. The third-order valence-electron chi connectivity index (χ3n) is 2.18. The average molecular weight is 195 g/mol. The quantitative estimate of drug-likeness (QED) is 0.794. The molecule has 0 radical (unpaired) electrons. The molecule has 1 aromatic rings.